The number of aryl methyl sites for hydroxylation is 1. The third-order valence-corrected chi connectivity index (χ3v) is 3.25. The molecule has 0 aliphatic heterocycles. The second-order valence-electron chi connectivity index (χ2n) is 4.92. The molecule has 0 atom stereocenters. The Morgan fingerprint density at radius 1 is 1.19 bits per heavy atom. The van der Waals surface area contributed by atoms with Gasteiger partial charge in [0.25, 0.3) is 5.91 Å². The van der Waals surface area contributed by atoms with E-state index in [0.717, 1.165) is 18.0 Å². The van der Waals surface area contributed by atoms with E-state index in [2.05, 4.69) is 4.99 Å². The van der Waals surface area contributed by atoms with Crippen LogP contribution in [0, 0.1) is 6.92 Å². The zero-order chi connectivity index (χ0) is 16.4. The fourth-order valence-corrected chi connectivity index (χ4v) is 1.89. The topological polar surface area (TPSA) is 55.5 Å². The van der Waals surface area contributed by atoms with E-state index < -0.39 is 17.6 Å². The molecule has 0 fully saturated rings. The summed E-state index contributed by atoms with van der Waals surface area (Å²) in [6, 6.07) is 2.21. The first-order valence-corrected chi connectivity index (χ1v) is 6.24. The summed E-state index contributed by atoms with van der Waals surface area (Å²) in [5, 5.41) is 0. The maximum absolute atomic E-state index is 13.2. The minimum atomic E-state index is -4.55. The van der Waals surface area contributed by atoms with Gasteiger partial charge in [-0.3, -0.25) is 4.79 Å². The molecule has 0 radical (unpaired) electrons. The molecule has 21 heavy (non-hydrogen) atoms. The molecule has 1 rings (SSSR count). The average Bonchev–Trinajstić information content (AvgIpc) is 2.36. The fourth-order valence-electron chi connectivity index (χ4n) is 1.89. The lowest BCUT2D eigenvalue weighted by molar-refractivity contribution is -0.137. The predicted molar refractivity (Wildman–Crippen MR) is 77.1 cm³/mol. The Morgan fingerprint density at radius 3 is 2.19 bits per heavy atom. The molecule has 0 aromatic heterocycles. The van der Waals surface area contributed by atoms with Crippen molar-refractivity contribution in [1.29, 1.82) is 0 Å². The van der Waals surface area contributed by atoms with Gasteiger partial charge < -0.3 is 5.73 Å². The fraction of sp³-hybridized carbons (Fsp3) is 0.333. The number of halogens is 3. The summed E-state index contributed by atoms with van der Waals surface area (Å²) < 4.78 is 39.7. The Balaban J connectivity index is 3.67. The Labute approximate surface area is 121 Å². The standard InChI is InChI=1S/C15H17F3N2O/c1-8(2)10(4)12-5-9(3)11(14(21)20-7-19)6-13(12)15(16,17)18/h5-7H,1-4H3,(H2,19,20,21). The van der Waals surface area contributed by atoms with Crippen LogP contribution in [0.25, 0.3) is 5.57 Å². The lowest BCUT2D eigenvalue weighted by Gasteiger charge is -2.17. The van der Waals surface area contributed by atoms with E-state index in [0.29, 0.717) is 11.1 Å². The number of nitrogens with zero attached hydrogens (tertiary/aromatic N) is 1. The summed E-state index contributed by atoms with van der Waals surface area (Å²) in [5.74, 6) is -0.790. The van der Waals surface area contributed by atoms with E-state index >= 15 is 0 Å². The van der Waals surface area contributed by atoms with Crippen molar-refractivity contribution in [2.24, 2.45) is 10.7 Å². The molecule has 1 aromatic carbocycles. The summed E-state index contributed by atoms with van der Waals surface area (Å²) in [5.41, 5.74) is 5.88. The molecule has 0 aliphatic carbocycles. The number of rotatable bonds is 2. The van der Waals surface area contributed by atoms with Gasteiger partial charge in [0.05, 0.1) is 11.9 Å². The number of amides is 1. The summed E-state index contributed by atoms with van der Waals surface area (Å²) in [6.07, 6.45) is -3.79. The van der Waals surface area contributed by atoms with Crippen LogP contribution in [0.3, 0.4) is 0 Å². The zero-order valence-corrected chi connectivity index (χ0v) is 12.3. The van der Waals surface area contributed by atoms with Gasteiger partial charge in [0.2, 0.25) is 0 Å². The number of nitrogens with two attached hydrogens (primary N) is 1. The van der Waals surface area contributed by atoms with Crippen molar-refractivity contribution < 1.29 is 18.0 Å². The first kappa shape index (κ1) is 16.9. The van der Waals surface area contributed by atoms with Gasteiger partial charge in [0.1, 0.15) is 0 Å². The number of aliphatic imine (C=N–C) groups is 1. The maximum atomic E-state index is 13.2. The molecule has 0 saturated carbocycles. The van der Waals surface area contributed by atoms with Crippen LogP contribution in [0.5, 0.6) is 0 Å². The number of benzene rings is 1. The molecule has 6 heteroatoms. The SMILES string of the molecule is CC(C)=C(C)c1cc(C)c(C(=O)N=CN)cc1C(F)(F)F. The van der Waals surface area contributed by atoms with Crippen LogP contribution in [0.1, 0.15) is 47.8 Å². The van der Waals surface area contributed by atoms with Gasteiger partial charge in [-0.05, 0) is 50.5 Å². The largest absolute Gasteiger partial charge is 0.417 e. The Hall–Kier alpha value is -2.11. The number of allylic oxidation sites excluding steroid dienone is 2. The van der Waals surface area contributed by atoms with Crippen LogP contribution in [-0.2, 0) is 6.18 Å². The number of carbonyl (C=O) groups is 1. The van der Waals surface area contributed by atoms with Crippen LogP contribution in [0.15, 0.2) is 22.7 Å². The van der Waals surface area contributed by atoms with Crippen LogP contribution in [0.4, 0.5) is 13.2 Å². The number of carbonyl (C=O) groups excluding carboxylic acids is 1. The van der Waals surface area contributed by atoms with E-state index in [9.17, 15) is 18.0 Å². The quantitative estimate of drug-likeness (QED) is 0.664. The van der Waals surface area contributed by atoms with E-state index in [-0.39, 0.29) is 11.1 Å². The minimum Gasteiger partial charge on any atom is -0.390 e. The Bertz CT molecular complexity index is 625. The molecule has 0 spiro atoms. The van der Waals surface area contributed by atoms with Gasteiger partial charge in [0.15, 0.2) is 0 Å². The first-order chi connectivity index (χ1) is 9.59. The van der Waals surface area contributed by atoms with Crippen molar-refractivity contribution in [3.63, 3.8) is 0 Å². The van der Waals surface area contributed by atoms with E-state index in [4.69, 9.17) is 5.73 Å². The maximum Gasteiger partial charge on any atom is 0.417 e. The average molecular weight is 298 g/mol. The molecule has 0 bridgehead atoms. The molecular weight excluding hydrogens is 281 g/mol. The normalized spacial score (nSPS) is 11.8. The summed E-state index contributed by atoms with van der Waals surface area (Å²) in [7, 11) is 0. The highest BCUT2D eigenvalue weighted by Gasteiger charge is 2.35. The number of hydrogen-bond donors (Lipinski definition) is 1. The Kier molecular flexibility index (Phi) is 4.93. The van der Waals surface area contributed by atoms with Crippen LogP contribution in [-0.4, -0.2) is 12.2 Å². The van der Waals surface area contributed by atoms with Crippen molar-refractivity contribution in [1.82, 2.24) is 0 Å². The summed E-state index contributed by atoms with van der Waals surface area (Å²) >= 11 is 0. The van der Waals surface area contributed by atoms with Crippen molar-refractivity contribution in [2.75, 3.05) is 0 Å². The van der Waals surface area contributed by atoms with Crippen molar-refractivity contribution in [3.05, 3.63) is 40.0 Å². The van der Waals surface area contributed by atoms with Crippen molar-refractivity contribution in [3.8, 4) is 0 Å². The highest BCUT2D eigenvalue weighted by atomic mass is 19.4. The third-order valence-electron chi connectivity index (χ3n) is 3.25. The van der Waals surface area contributed by atoms with Gasteiger partial charge in [-0.15, -0.1) is 0 Å². The second-order valence-corrected chi connectivity index (χ2v) is 4.92. The molecule has 1 amide bonds. The second kappa shape index (κ2) is 6.11. The monoisotopic (exact) mass is 298 g/mol. The van der Waals surface area contributed by atoms with E-state index in [1.54, 1.807) is 27.7 Å². The minimum absolute atomic E-state index is 0.0771. The molecule has 0 unspecified atom stereocenters. The molecule has 2 N–H and O–H groups in total. The Morgan fingerprint density at radius 2 is 1.76 bits per heavy atom. The molecule has 1 aromatic rings. The van der Waals surface area contributed by atoms with Crippen LogP contribution in [0.2, 0.25) is 0 Å². The number of alkyl halides is 3. The van der Waals surface area contributed by atoms with Gasteiger partial charge in [-0.2, -0.15) is 18.2 Å². The van der Waals surface area contributed by atoms with E-state index in [1.807, 2.05) is 0 Å². The molecule has 0 aliphatic rings. The van der Waals surface area contributed by atoms with E-state index in [1.165, 1.54) is 6.07 Å². The third kappa shape index (κ3) is 3.71. The molecule has 0 saturated heterocycles. The van der Waals surface area contributed by atoms with Gasteiger partial charge in [-0.1, -0.05) is 11.6 Å². The highest BCUT2D eigenvalue weighted by Crippen LogP contribution is 2.37. The lowest BCUT2D eigenvalue weighted by atomic mass is 9.92. The van der Waals surface area contributed by atoms with Crippen molar-refractivity contribution in [2.45, 2.75) is 33.9 Å². The first-order valence-electron chi connectivity index (χ1n) is 6.24. The summed E-state index contributed by atoms with van der Waals surface area (Å²) in [4.78, 5) is 15.0. The highest BCUT2D eigenvalue weighted by molar-refractivity contribution is 6.00. The van der Waals surface area contributed by atoms with Gasteiger partial charge in [-0.25, -0.2) is 0 Å². The zero-order valence-electron chi connectivity index (χ0n) is 12.3. The van der Waals surface area contributed by atoms with Crippen molar-refractivity contribution >= 4 is 17.8 Å². The smallest absolute Gasteiger partial charge is 0.390 e. The van der Waals surface area contributed by atoms with Crippen LogP contribution < -0.4 is 5.73 Å². The molecule has 0 heterocycles. The van der Waals surface area contributed by atoms with Crippen LogP contribution >= 0.6 is 0 Å². The van der Waals surface area contributed by atoms with Gasteiger partial charge >= 0.3 is 6.18 Å². The predicted octanol–water partition coefficient (Wildman–Crippen LogP) is 3.95. The number of hydrogen-bond acceptors (Lipinski definition) is 1. The molecular formula is C15H17F3N2O. The summed E-state index contributed by atoms with van der Waals surface area (Å²) in [6.45, 7) is 6.67. The van der Waals surface area contributed by atoms with Gasteiger partial charge in [0, 0.05) is 5.56 Å². The molecule has 3 nitrogen and oxygen atoms in total. The lowest BCUT2D eigenvalue weighted by Crippen LogP contribution is -2.12. The molecule has 114 valence electrons.